The summed E-state index contributed by atoms with van der Waals surface area (Å²) in [4.78, 5) is 21.8. The molecule has 0 aromatic heterocycles. The predicted molar refractivity (Wildman–Crippen MR) is 98.4 cm³/mol. The number of sulfonamides is 1. The van der Waals surface area contributed by atoms with Crippen molar-refractivity contribution in [3.63, 3.8) is 0 Å². The number of non-ortho nitro benzene ring substituents is 1. The molecule has 0 unspecified atom stereocenters. The molecule has 0 spiro atoms. The monoisotopic (exact) mass is 392 g/mol. The van der Waals surface area contributed by atoms with Gasteiger partial charge in [0, 0.05) is 25.2 Å². The molecular formula is C18H20N2O6S. The normalized spacial score (nSPS) is 11.3. The maximum atomic E-state index is 13.0. The lowest BCUT2D eigenvalue weighted by Gasteiger charge is -2.22. The highest BCUT2D eigenvalue weighted by molar-refractivity contribution is 7.89. The van der Waals surface area contributed by atoms with Crippen LogP contribution in [-0.2, 0) is 26.1 Å². The summed E-state index contributed by atoms with van der Waals surface area (Å²) < 4.78 is 32.1. The van der Waals surface area contributed by atoms with E-state index in [4.69, 9.17) is 4.74 Å². The van der Waals surface area contributed by atoms with Crippen molar-refractivity contribution < 1.29 is 22.9 Å². The van der Waals surface area contributed by atoms with Crippen molar-refractivity contribution in [2.24, 2.45) is 0 Å². The molecule has 0 aliphatic rings. The number of esters is 1. The van der Waals surface area contributed by atoms with Crippen molar-refractivity contribution in [3.8, 4) is 0 Å². The Kier molecular flexibility index (Phi) is 7.03. The highest BCUT2D eigenvalue weighted by Crippen LogP contribution is 2.23. The number of nitrogens with zero attached hydrogens (tertiary/aromatic N) is 2. The van der Waals surface area contributed by atoms with Crippen LogP contribution in [0.25, 0.3) is 0 Å². The summed E-state index contributed by atoms with van der Waals surface area (Å²) >= 11 is 0. The van der Waals surface area contributed by atoms with Gasteiger partial charge in [0.05, 0.1) is 22.8 Å². The van der Waals surface area contributed by atoms with Gasteiger partial charge in [-0.05, 0) is 18.6 Å². The molecule has 2 aromatic rings. The highest BCUT2D eigenvalue weighted by atomic mass is 32.2. The zero-order chi connectivity index (χ0) is 19.9. The van der Waals surface area contributed by atoms with Crippen LogP contribution >= 0.6 is 0 Å². The molecule has 0 amide bonds. The Balaban J connectivity index is 2.33. The zero-order valence-electron chi connectivity index (χ0n) is 14.8. The second kappa shape index (κ2) is 9.24. The van der Waals surface area contributed by atoms with E-state index >= 15 is 0 Å². The molecule has 0 heterocycles. The molecular weight excluding hydrogens is 372 g/mol. The number of carbonyl (C=O) groups is 1. The maximum absolute atomic E-state index is 13.0. The Morgan fingerprint density at radius 3 is 2.48 bits per heavy atom. The van der Waals surface area contributed by atoms with Gasteiger partial charge >= 0.3 is 5.97 Å². The van der Waals surface area contributed by atoms with Crippen LogP contribution in [0.5, 0.6) is 0 Å². The first-order valence-corrected chi connectivity index (χ1v) is 9.72. The fourth-order valence-corrected chi connectivity index (χ4v) is 3.90. The average molecular weight is 392 g/mol. The summed E-state index contributed by atoms with van der Waals surface area (Å²) in [7, 11) is -4.04. The molecule has 9 heteroatoms. The molecule has 2 aromatic carbocycles. The van der Waals surface area contributed by atoms with Crippen LogP contribution in [0.15, 0.2) is 59.5 Å². The van der Waals surface area contributed by atoms with Crippen molar-refractivity contribution in [3.05, 3.63) is 70.3 Å². The van der Waals surface area contributed by atoms with Gasteiger partial charge in [-0.15, -0.1) is 0 Å². The number of rotatable bonds is 9. The Hall–Kier alpha value is -2.78. The van der Waals surface area contributed by atoms with E-state index in [2.05, 4.69) is 0 Å². The molecule has 0 bridgehead atoms. The zero-order valence-corrected chi connectivity index (χ0v) is 15.6. The van der Waals surface area contributed by atoms with Crippen molar-refractivity contribution in [1.29, 1.82) is 0 Å². The van der Waals surface area contributed by atoms with Gasteiger partial charge in [-0.25, -0.2) is 8.42 Å². The standard InChI is InChI=1S/C18H20N2O6S/c1-2-26-18(21)11-12-19(14-15-7-4-3-5-8-15)27(24,25)17-10-6-9-16(13-17)20(22)23/h3-10,13H,2,11-12,14H2,1H3. The number of nitro groups is 1. The first-order valence-electron chi connectivity index (χ1n) is 8.28. The Labute approximate surface area is 157 Å². The number of carbonyl (C=O) groups excluding carboxylic acids is 1. The van der Waals surface area contributed by atoms with Gasteiger partial charge in [0.15, 0.2) is 0 Å². The predicted octanol–water partition coefficient (Wildman–Crippen LogP) is 2.74. The number of hydrogen-bond acceptors (Lipinski definition) is 6. The Bertz CT molecular complexity index is 899. The summed E-state index contributed by atoms with van der Waals surface area (Å²) in [5, 5.41) is 11.0. The van der Waals surface area contributed by atoms with Gasteiger partial charge in [-0.3, -0.25) is 14.9 Å². The second-order valence-electron chi connectivity index (χ2n) is 5.63. The summed E-state index contributed by atoms with van der Waals surface area (Å²) in [5.74, 6) is -0.509. The third-order valence-corrected chi connectivity index (χ3v) is 5.58. The van der Waals surface area contributed by atoms with Crippen LogP contribution in [0.1, 0.15) is 18.9 Å². The molecule has 27 heavy (non-hydrogen) atoms. The van der Waals surface area contributed by atoms with E-state index in [-0.39, 0.29) is 36.7 Å². The van der Waals surface area contributed by atoms with Crippen molar-refractivity contribution in [2.45, 2.75) is 24.8 Å². The first-order chi connectivity index (χ1) is 12.8. The van der Waals surface area contributed by atoms with Gasteiger partial charge in [0.25, 0.3) is 5.69 Å². The lowest BCUT2D eigenvalue weighted by Crippen LogP contribution is -2.33. The number of nitro benzene ring substituents is 1. The Morgan fingerprint density at radius 2 is 1.85 bits per heavy atom. The smallest absolute Gasteiger partial charge is 0.307 e. The second-order valence-corrected chi connectivity index (χ2v) is 7.57. The van der Waals surface area contributed by atoms with Crippen molar-refractivity contribution >= 4 is 21.7 Å². The van der Waals surface area contributed by atoms with Gasteiger partial charge in [-0.2, -0.15) is 4.31 Å². The average Bonchev–Trinajstić information content (AvgIpc) is 2.66. The van der Waals surface area contributed by atoms with Crippen LogP contribution in [-0.4, -0.2) is 36.8 Å². The summed E-state index contributed by atoms with van der Waals surface area (Å²) in [6, 6.07) is 13.7. The van der Waals surface area contributed by atoms with E-state index in [1.807, 2.05) is 6.07 Å². The molecule has 8 nitrogen and oxygen atoms in total. The minimum atomic E-state index is -4.04. The van der Waals surface area contributed by atoms with E-state index in [9.17, 15) is 23.3 Å². The topological polar surface area (TPSA) is 107 Å². The molecule has 0 fully saturated rings. The van der Waals surface area contributed by atoms with E-state index < -0.39 is 20.9 Å². The molecule has 144 valence electrons. The first kappa shape index (κ1) is 20.5. The minimum absolute atomic E-state index is 0.0330. The van der Waals surface area contributed by atoms with Crippen LogP contribution in [0.3, 0.4) is 0 Å². The van der Waals surface area contributed by atoms with Crippen LogP contribution < -0.4 is 0 Å². The van der Waals surface area contributed by atoms with E-state index in [1.54, 1.807) is 31.2 Å². The maximum Gasteiger partial charge on any atom is 0.307 e. The summed E-state index contributed by atoms with van der Waals surface area (Å²) in [6.45, 7) is 1.80. The lowest BCUT2D eigenvalue weighted by atomic mass is 10.2. The number of ether oxygens (including phenoxy) is 1. The molecule has 0 saturated carbocycles. The van der Waals surface area contributed by atoms with E-state index in [0.717, 1.165) is 15.9 Å². The molecule has 2 rings (SSSR count). The highest BCUT2D eigenvalue weighted by Gasteiger charge is 2.27. The van der Waals surface area contributed by atoms with Crippen molar-refractivity contribution in [2.75, 3.05) is 13.2 Å². The Morgan fingerprint density at radius 1 is 1.15 bits per heavy atom. The molecule has 0 atom stereocenters. The third kappa shape index (κ3) is 5.60. The molecule has 0 radical (unpaired) electrons. The van der Waals surface area contributed by atoms with Gasteiger partial charge < -0.3 is 4.74 Å². The quantitative estimate of drug-likeness (QED) is 0.369. The van der Waals surface area contributed by atoms with Gasteiger partial charge in [0.1, 0.15) is 0 Å². The van der Waals surface area contributed by atoms with Crippen molar-refractivity contribution in [1.82, 2.24) is 4.31 Å². The summed E-state index contributed by atoms with van der Waals surface area (Å²) in [5.41, 5.74) is 0.413. The fourth-order valence-electron chi connectivity index (χ4n) is 2.43. The van der Waals surface area contributed by atoms with Gasteiger partial charge in [-0.1, -0.05) is 36.4 Å². The number of benzene rings is 2. The number of hydrogen-bond donors (Lipinski definition) is 0. The largest absolute Gasteiger partial charge is 0.466 e. The minimum Gasteiger partial charge on any atom is -0.466 e. The molecule has 0 aliphatic heterocycles. The van der Waals surface area contributed by atoms with Gasteiger partial charge in [0.2, 0.25) is 10.0 Å². The van der Waals surface area contributed by atoms with E-state index in [0.29, 0.717) is 0 Å². The molecule has 0 N–H and O–H groups in total. The van der Waals surface area contributed by atoms with E-state index in [1.165, 1.54) is 18.2 Å². The SMILES string of the molecule is CCOC(=O)CCN(Cc1ccccc1)S(=O)(=O)c1cccc([N+](=O)[O-])c1. The lowest BCUT2D eigenvalue weighted by molar-refractivity contribution is -0.385. The molecule has 0 saturated heterocycles. The fraction of sp³-hybridized carbons (Fsp3) is 0.278. The third-order valence-electron chi connectivity index (χ3n) is 3.74. The summed E-state index contributed by atoms with van der Waals surface area (Å²) in [6.07, 6.45) is -0.116. The van der Waals surface area contributed by atoms with Crippen LogP contribution in [0.2, 0.25) is 0 Å². The molecule has 0 aliphatic carbocycles. The van der Waals surface area contributed by atoms with Crippen LogP contribution in [0, 0.1) is 10.1 Å². The van der Waals surface area contributed by atoms with Crippen LogP contribution in [0.4, 0.5) is 5.69 Å².